The molecular formula is C25H30N4O5S. The first-order valence-corrected chi connectivity index (χ1v) is 13.8. The summed E-state index contributed by atoms with van der Waals surface area (Å²) in [5.41, 5.74) is 2.98. The summed E-state index contributed by atoms with van der Waals surface area (Å²) in [6.07, 6.45) is 10.4. The lowest BCUT2D eigenvalue weighted by molar-refractivity contribution is -0.126. The van der Waals surface area contributed by atoms with Crippen molar-refractivity contribution in [2.75, 3.05) is 12.9 Å². The molecule has 2 aromatic rings. The number of allylic oxidation sites excluding steroid dienone is 2. The van der Waals surface area contributed by atoms with Gasteiger partial charge in [-0.15, -0.1) is 0 Å². The van der Waals surface area contributed by atoms with Gasteiger partial charge in [0, 0.05) is 55.2 Å². The Bertz CT molecular complexity index is 1320. The minimum atomic E-state index is -3.84. The molecule has 2 N–H and O–H groups in total. The van der Waals surface area contributed by atoms with E-state index >= 15 is 0 Å². The van der Waals surface area contributed by atoms with Gasteiger partial charge < -0.3 is 15.0 Å². The van der Waals surface area contributed by atoms with E-state index in [1.807, 2.05) is 6.07 Å². The molecule has 186 valence electrons. The van der Waals surface area contributed by atoms with Crippen LogP contribution in [0.4, 0.5) is 0 Å². The van der Waals surface area contributed by atoms with Crippen LogP contribution in [0.1, 0.15) is 48.5 Å². The molecule has 2 aromatic heterocycles. The van der Waals surface area contributed by atoms with Gasteiger partial charge in [-0.3, -0.25) is 14.6 Å². The lowest BCUT2D eigenvalue weighted by Crippen LogP contribution is -2.50. The van der Waals surface area contributed by atoms with E-state index in [1.54, 1.807) is 35.2 Å². The van der Waals surface area contributed by atoms with Crippen LogP contribution in [0.15, 0.2) is 47.5 Å². The summed E-state index contributed by atoms with van der Waals surface area (Å²) in [5.74, 6) is -1.47. The number of rotatable bonds is 6. The van der Waals surface area contributed by atoms with Gasteiger partial charge in [-0.25, -0.2) is 8.42 Å². The molecule has 0 unspecified atom stereocenters. The molecule has 0 saturated carbocycles. The zero-order valence-corrected chi connectivity index (χ0v) is 20.4. The summed E-state index contributed by atoms with van der Waals surface area (Å²) in [6.45, 7) is 0.129. The van der Waals surface area contributed by atoms with E-state index in [0.29, 0.717) is 11.3 Å². The molecular weight excluding hydrogens is 468 g/mol. The summed E-state index contributed by atoms with van der Waals surface area (Å²) in [4.78, 5) is 30.7. The average Bonchev–Trinajstić information content (AvgIpc) is 3.39. The molecule has 5 rings (SSSR count). The van der Waals surface area contributed by atoms with Crippen LogP contribution < -0.4 is 10.9 Å². The Morgan fingerprint density at radius 2 is 1.97 bits per heavy atom. The van der Waals surface area contributed by atoms with E-state index in [9.17, 15) is 23.1 Å². The molecule has 35 heavy (non-hydrogen) atoms. The molecule has 1 fully saturated rings. The number of hydrogen-bond donors (Lipinski definition) is 2. The highest BCUT2D eigenvalue weighted by molar-refractivity contribution is 7.88. The van der Waals surface area contributed by atoms with Crippen molar-refractivity contribution in [3.63, 3.8) is 0 Å². The molecule has 1 amide bonds. The zero-order valence-electron chi connectivity index (χ0n) is 19.6. The van der Waals surface area contributed by atoms with Gasteiger partial charge in [0.2, 0.25) is 15.9 Å². The maximum atomic E-state index is 13.4. The summed E-state index contributed by atoms with van der Waals surface area (Å²) >= 11 is 0. The third-order valence-electron chi connectivity index (χ3n) is 7.53. The molecule has 9 nitrogen and oxygen atoms in total. The fourth-order valence-electron chi connectivity index (χ4n) is 5.93. The fourth-order valence-corrected chi connectivity index (χ4v) is 7.27. The Kier molecular flexibility index (Phi) is 6.37. The monoisotopic (exact) mass is 498 g/mol. The quantitative estimate of drug-likeness (QED) is 0.622. The van der Waals surface area contributed by atoms with Gasteiger partial charge in [-0.1, -0.05) is 6.08 Å². The van der Waals surface area contributed by atoms with Gasteiger partial charge in [0.15, 0.2) is 0 Å². The van der Waals surface area contributed by atoms with Crippen molar-refractivity contribution >= 4 is 21.5 Å². The fraction of sp³-hybridized carbons (Fsp3) is 0.480. The van der Waals surface area contributed by atoms with Gasteiger partial charge in [0.25, 0.3) is 5.56 Å². The largest absolute Gasteiger partial charge is 0.396 e. The molecule has 0 aromatic carbocycles. The smallest absolute Gasteiger partial charge is 0.258 e. The second-order valence-corrected chi connectivity index (χ2v) is 11.5. The van der Waals surface area contributed by atoms with Crippen molar-refractivity contribution < 1.29 is 18.3 Å². The number of aliphatic hydroxyl groups is 1. The number of nitrogens with zero attached hydrogens (tertiary/aromatic N) is 3. The number of aliphatic hydroxyl groups excluding tert-OH is 1. The zero-order chi connectivity index (χ0) is 24.7. The molecule has 2 aliphatic heterocycles. The van der Waals surface area contributed by atoms with Crippen LogP contribution in [0.3, 0.4) is 0 Å². The topological polar surface area (TPSA) is 122 Å². The molecule has 1 aliphatic carbocycles. The van der Waals surface area contributed by atoms with E-state index in [-0.39, 0.29) is 31.2 Å². The van der Waals surface area contributed by atoms with Crippen molar-refractivity contribution in [2.45, 2.75) is 50.9 Å². The van der Waals surface area contributed by atoms with Crippen molar-refractivity contribution in [3.8, 4) is 0 Å². The van der Waals surface area contributed by atoms with E-state index in [0.717, 1.165) is 43.1 Å². The van der Waals surface area contributed by atoms with E-state index in [4.69, 9.17) is 0 Å². The third kappa shape index (κ3) is 4.23. The number of carbonyl (C=O) groups is 1. The van der Waals surface area contributed by atoms with Crippen molar-refractivity contribution in [1.29, 1.82) is 0 Å². The molecule has 4 heterocycles. The van der Waals surface area contributed by atoms with Crippen molar-refractivity contribution in [3.05, 3.63) is 69.9 Å². The van der Waals surface area contributed by atoms with Gasteiger partial charge in [0.05, 0.1) is 12.3 Å². The summed E-state index contributed by atoms with van der Waals surface area (Å²) in [7, 11) is -3.84. The van der Waals surface area contributed by atoms with Gasteiger partial charge >= 0.3 is 0 Å². The van der Waals surface area contributed by atoms with Crippen molar-refractivity contribution in [2.24, 2.45) is 11.8 Å². The molecule has 0 radical (unpaired) electrons. The predicted octanol–water partition coefficient (Wildman–Crippen LogP) is 1.44. The first kappa shape index (κ1) is 23.9. The summed E-state index contributed by atoms with van der Waals surface area (Å²) in [6, 6.07) is 5.41. The molecule has 1 saturated heterocycles. The Morgan fingerprint density at radius 1 is 1.20 bits per heavy atom. The van der Waals surface area contributed by atoms with Gasteiger partial charge in [0.1, 0.15) is 6.04 Å². The minimum absolute atomic E-state index is 0.131. The number of sulfonamides is 1. The SMILES string of the molecule is CS(=O)(=O)N1[C@@H]2c3ccc(C4=CCCCC4)c(=O)n3C[C@@H]2[C@@H](CO)[C@@H]1C(=O)NCc1ccncc1. The molecule has 0 bridgehead atoms. The number of pyridine rings is 2. The standard InChI is InChI=1S/C25H30N4O5S/c1-35(33,34)29-22-19(20(15-30)23(29)24(31)27-13-16-9-11-26-12-10-16)14-28-21(22)8-7-18(25(28)32)17-5-3-2-4-6-17/h5,7-12,19-20,22-23,30H,2-4,6,13-15H2,1H3,(H,27,31)/t19-,20-,22+,23-/m1/s1. The van der Waals surface area contributed by atoms with E-state index in [1.165, 1.54) is 4.31 Å². The summed E-state index contributed by atoms with van der Waals surface area (Å²) < 4.78 is 28.8. The van der Waals surface area contributed by atoms with Crippen LogP contribution >= 0.6 is 0 Å². The normalized spacial score (nSPS) is 26.2. The molecule has 10 heteroatoms. The number of aromatic nitrogens is 2. The van der Waals surface area contributed by atoms with E-state index < -0.39 is 33.9 Å². The predicted molar refractivity (Wildman–Crippen MR) is 131 cm³/mol. The van der Waals surface area contributed by atoms with Crippen LogP contribution in [-0.2, 0) is 27.9 Å². The summed E-state index contributed by atoms with van der Waals surface area (Å²) in [5, 5.41) is 13.1. The van der Waals surface area contributed by atoms with Crippen LogP contribution in [0.2, 0.25) is 0 Å². The van der Waals surface area contributed by atoms with Crippen LogP contribution in [0, 0.1) is 11.8 Å². The third-order valence-corrected chi connectivity index (χ3v) is 8.75. The maximum absolute atomic E-state index is 13.4. The average molecular weight is 499 g/mol. The van der Waals surface area contributed by atoms with Gasteiger partial charge in [-0.2, -0.15) is 4.31 Å². The molecule has 0 spiro atoms. The van der Waals surface area contributed by atoms with Crippen LogP contribution in [0.25, 0.3) is 5.57 Å². The Balaban J connectivity index is 1.50. The highest BCUT2D eigenvalue weighted by Crippen LogP contribution is 2.50. The van der Waals surface area contributed by atoms with Crippen LogP contribution in [-0.4, -0.2) is 52.2 Å². The maximum Gasteiger partial charge on any atom is 0.258 e. The second-order valence-electron chi connectivity index (χ2n) is 9.63. The Labute approximate surface area is 204 Å². The Morgan fingerprint density at radius 3 is 2.63 bits per heavy atom. The number of hydrogen-bond acceptors (Lipinski definition) is 6. The lowest BCUT2D eigenvalue weighted by atomic mass is 9.88. The molecule has 4 atom stereocenters. The highest BCUT2D eigenvalue weighted by atomic mass is 32.2. The molecule has 3 aliphatic rings. The second kappa shape index (κ2) is 9.33. The lowest BCUT2D eigenvalue weighted by Gasteiger charge is -2.29. The van der Waals surface area contributed by atoms with E-state index in [2.05, 4.69) is 16.4 Å². The van der Waals surface area contributed by atoms with Crippen LogP contribution in [0.5, 0.6) is 0 Å². The first-order chi connectivity index (χ1) is 16.8. The van der Waals surface area contributed by atoms with Gasteiger partial charge in [-0.05, 0) is 61.1 Å². The number of nitrogens with one attached hydrogen (secondary N) is 1. The Hall–Kier alpha value is -2.82. The number of carbonyl (C=O) groups excluding carboxylic acids is 1. The highest BCUT2D eigenvalue weighted by Gasteiger charge is 2.58. The number of fused-ring (bicyclic) bond motifs is 3. The first-order valence-electron chi connectivity index (χ1n) is 12.0. The minimum Gasteiger partial charge on any atom is -0.396 e. The van der Waals surface area contributed by atoms with Crippen molar-refractivity contribution in [1.82, 2.24) is 19.2 Å². The number of amides is 1.